The summed E-state index contributed by atoms with van der Waals surface area (Å²) in [5.41, 5.74) is 15.8. The molecule has 316 valence electrons. The van der Waals surface area contributed by atoms with Gasteiger partial charge in [0.2, 0.25) is 0 Å². The zero-order valence-electron chi connectivity index (χ0n) is 37.8. The third kappa shape index (κ3) is 7.47. The molecule has 0 heterocycles. The quantitative estimate of drug-likeness (QED) is 0.0769. The molecule has 0 amide bonds. The summed E-state index contributed by atoms with van der Waals surface area (Å²) in [7, 11) is 0. The van der Waals surface area contributed by atoms with Gasteiger partial charge in [0, 0.05) is 39.3 Å². The van der Waals surface area contributed by atoms with Gasteiger partial charge in [0.1, 0.15) is 0 Å². The van der Waals surface area contributed by atoms with Gasteiger partial charge in [0.05, 0.1) is 11.4 Å². The van der Waals surface area contributed by atoms with Crippen molar-refractivity contribution in [3.8, 4) is 0 Å². The van der Waals surface area contributed by atoms with Crippen molar-refractivity contribution in [2.45, 2.75) is 27.7 Å². The molecule has 0 radical (unpaired) electrons. The van der Waals surface area contributed by atoms with Crippen molar-refractivity contribution in [1.82, 2.24) is 0 Å². The Kier molecular flexibility index (Phi) is 10.5. The van der Waals surface area contributed by atoms with Crippen LogP contribution in [-0.4, -0.2) is 0 Å². The Balaban J connectivity index is 1.38. The largest absolute Gasteiger partial charge is 0.310 e. The van der Waals surface area contributed by atoms with Crippen molar-refractivity contribution in [2.24, 2.45) is 0 Å². The lowest BCUT2D eigenvalue weighted by atomic mass is 9.83. The van der Waals surface area contributed by atoms with Crippen LogP contribution in [0.5, 0.6) is 0 Å². The van der Waals surface area contributed by atoms with E-state index in [1.807, 2.05) is 0 Å². The molecule has 0 atom stereocenters. The van der Waals surface area contributed by atoms with Gasteiger partial charge in [-0.15, -0.1) is 0 Å². The van der Waals surface area contributed by atoms with Gasteiger partial charge in [0.25, 0.3) is 0 Å². The van der Waals surface area contributed by atoms with E-state index in [1.165, 1.54) is 65.3 Å². The van der Waals surface area contributed by atoms with Gasteiger partial charge in [-0.3, -0.25) is 0 Å². The predicted molar refractivity (Wildman–Crippen MR) is 285 cm³/mol. The zero-order chi connectivity index (χ0) is 44.7. The number of benzene rings is 11. The maximum Gasteiger partial charge on any atom is 0.0553 e. The Morgan fingerprint density at radius 2 is 0.697 bits per heavy atom. The molecule has 0 spiro atoms. The van der Waals surface area contributed by atoms with Crippen LogP contribution in [0.25, 0.3) is 66.6 Å². The van der Waals surface area contributed by atoms with Crippen molar-refractivity contribution in [2.75, 3.05) is 9.80 Å². The van der Waals surface area contributed by atoms with Crippen LogP contribution >= 0.6 is 0 Å². The highest BCUT2D eigenvalue weighted by molar-refractivity contribution is 6.36. The summed E-state index contributed by atoms with van der Waals surface area (Å²) in [5, 5.41) is 9.92. The minimum absolute atomic E-state index is 1.06. The summed E-state index contributed by atoms with van der Waals surface area (Å²) in [5.74, 6) is 0. The highest BCUT2D eigenvalue weighted by Gasteiger charge is 2.29. The van der Waals surface area contributed by atoms with E-state index in [2.05, 4.69) is 268 Å². The van der Waals surface area contributed by atoms with E-state index in [9.17, 15) is 0 Å². The smallest absolute Gasteiger partial charge is 0.0553 e. The lowest BCUT2D eigenvalue weighted by Crippen LogP contribution is -2.21. The summed E-state index contributed by atoms with van der Waals surface area (Å²) in [6.07, 6.45) is 4.80. The Morgan fingerprint density at radius 3 is 1.15 bits per heavy atom. The first-order valence-electron chi connectivity index (χ1n) is 22.9. The number of anilines is 4. The van der Waals surface area contributed by atoms with Crippen LogP contribution in [0.4, 0.5) is 22.7 Å². The first-order chi connectivity index (χ1) is 32.4. The van der Waals surface area contributed by atoms with Crippen LogP contribution in [0, 0.1) is 27.7 Å². The van der Waals surface area contributed by atoms with E-state index in [1.54, 1.807) is 0 Å². The highest BCUT2D eigenvalue weighted by atomic mass is 15.2. The SMILES string of the molecule is Cc1ccc(N(/C(=C/c2ccccc2)c2cc3cccc4c5cccc6cccc(c(c2/C(=C\c2ccccc2)N(c2ccc(C)cc2)c2ccc(C)cc2)c34)c65)c2ccc(C)cc2)cc1. The van der Waals surface area contributed by atoms with Crippen molar-refractivity contribution in [3.05, 3.63) is 263 Å². The standard InChI is InChI=1S/C64H50N2/c1-43-24-32-51(33-25-43)65(52-34-26-44(2)27-35-52)59(40-47-14-7-5-8-15-47)58-42-50-20-13-22-56-55-21-11-18-49-19-12-23-57(61(49)55)64(62(50)56)63(58)60(41-48-16-9-6-10-17-48)66(53-36-28-45(3)29-37-53)54-38-30-46(4)31-39-54/h5-42H,1-4H3/b59-40+,60-41+. The Bertz CT molecular complexity index is 3470. The molecular formula is C64H50N2. The molecule has 0 saturated heterocycles. The molecule has 0 N–H and O–H groups in total. The maximum absolute atomic E-state index is 2.48. The normalized spacial score (nSPS) is 12.1. The highest BCUT2D eigenvalue weighted by Crippen LogP contribution is 2.50. The molecule has 11 aromatic rings. The fourth-order valence-electron chi connectivity index (χ4n) is 9.75. The average Bonchev–Trinajstić information content (AvgIpc) is 3.35. The maximum atomic E-state index is 2.48. The fraction of sp³-hybridized carbons (Fsp3) is 0.0625. The second-order valence-electron chi connectivity index (χ2n) is 17.7. The number of rotatable bonds is 10. The number of fused-ring (bicyclic) bond motifs is 2. The number of aryl methyl sites for hydroxylation is 4. The first kappa shape index (κ1) is 40.6. The van der Waals surface area contributed by atoms with Gasteiger partial charge in [-0.2, -0.15) is 0 Å². The van der Waals surface area contributed by atoms with Gasteiger partial charge < -0.3 is 9.80 Å². The van der Waals surface area contributed by atoms with Crippen LogP contribution in [0.1, 0.15) is 44.5 Å². The van der Waals surface area contributed by atoms with Crippen LogP contribution in [0.15, 0.2) is 218 Å². The van der Waals surface area contributed by atoms with Crippen LogP contribution in [-0.2, 0) is 0 Å². The minimum atomic E-state index is 1.06. The zero-order valence-corrected chi connectivity index (χ0v) is 37.8. The van der Waals surface area contributed by atoms with Crippen molar-refractivity contribution >= 4 is 89.4 Å². The minimum Gasteiger partial charge on any atom is -0.310 e. The first-order valence-corrected chi connectivity index (χ1v) is 22.9. The van der Waals surface area contributed by atoms with E-state index in [0.29, 0.717) is 0 Å². The Morgan fingerprint density at radius 1 is 0.318 bits per heavy atom. The topological polar surface area (TPSA) is 6.48 Å². The molecule has 0 aliphatic rings. The molecule has 2 nitrogen and oxygen atoms in total. The molecule has 0 saturated carbocycles. The van der Waals surface area contributed by atoms with Crippen LogP contribution in [0.3, 0.4) is 0 Å². The predicted octanol–water partition coefficient (Wildman–Crippen LogP) is 17.6. The second kappa shape index (κ2) is 17.1. The van der Waals surface area contributed by atoms with Crippen LogP contribution < -0.4 is 9.80 Å². The third-order valence-corrected chi connectivity index (χ3v) is 13.0. The van der Waals surface area contributed by atoms with E-state index in [-0.39, 0.29) is 0 Å². The summed E-state index contributed by atoms with van der Waals surface area (Å²) in [4.78, 5) is 4.95. The number of hydrogen-bond acceptors (Lipinski definition) is 2. The van der Waals surface area contributed by atoms with Gasteiger partial charge >= 0.3 is 0 Å². The van der Waals surface area contributed by atoms with Crippen LogP contribution in [0.2, 0.25) is 0 Å². The molecule has 0 aliphatic carbocycles. The summed E-state index contributed by atoms with van der Waals surface area (Å²) in [6.45, 7) is 8.65. The van der Waals surface area contributed by atoms with Gasteiger partial charge in [-0.1, -0.05) is 186 Å². The molecule has 0 bridgehead atoms. The van der Waals surface area contributed by atoms with Gasteiger partial charge in [-0.05, 0) is 143 Å². The molecular weight excluding hydrogens is 797 g/mol. The number of nitrogens with zero attached hydrogens (tertiary/aromatic N) is 2. The molecule has 11 rings (SSSR count). The lowest BCUT2D eigenvalue weighted by molar-refractivity contribution is 1.26. The van der Waals surface area contributed by atoms with Crippen molar-refractivity contribution < 1.29 is 0 Å². The number of hydrogen-bond donors (Lipinski definition) is 0. The second-order valence-corrected chi connectivity index (χ2v) is 17.7. The molecule has 11 aromatic carbocycles. The summed E-state index contributed by atoms with van der Waals surface area (Å²) < 4.78 is 0. The van der Waals surface area contributed by atoms with E-state index >= 15 is 0 Å². The summed E-state index contributed by atoms with van der Waals surface area (Å²) in [6, 6.07) is 80.6. The van der Waals surface area contributed by atoms with E-state index < -0.39 is 0 Å². The average molecular weight is 847 g/mol. The third-order valence-electron chi connectivity index (χ3n) is 13.0. The fourth-order valence-corrected chi connectivity index (χ4v) is 9.75. The molecule has 0 unspecified atom stereocenters. The van der Waals surface area contributed by atoms with E-state index in [4.69, 9.17) is 0 Å². The molecule has 2 heteroatoms. The van der Waals surface area contributed by atoms with E-state index in [0.717, 1.165) is 56.4 Å². The Labute approximate surface area is 388 Å². The molecule has 0 aromatic heterocycles. The van der Waals surface area contributed by atoms with Crippen molar-refractivity contribution in [3.63, 3.8) is 0 Å². The molecule has 0 fully saturated rings. The summed E-state index contributed by atoms with van der Waals surface area (Å²) >= 11 is 0. The molecule has 66 heavy (non-hydrogen) atoms. The van der Waals surface area contributed by atoms with Gasteiger partial charge in [0.15, 0.2) is 0 Å². The lowest BCUT2D eigenvalue weighted by Gasteiger charge is -2.34. The monoisotopic (exact) mass is 846 g/mol. The Hall–Kier alpha value is -8.20. The van der Waals surface area contributed by atoms with Gasteiger partial charge in [-0.25, -0.2) is 0 Å². The molecule has 0 aliphatic heterocycles. The van der Waals surface area contributed by atoms with Crippen molar-refractivity contribution in [1.29, 1.82) is 0 Å².